The minimum Gasteiger partial charge on any atom is -0.462 e. The number of ether oxygens (including phenoxy) is 2. The number of carbonyl (C=O) groups is 2. The van der Waals surface area contributed by atoms with E-state index in [9.17, 15) is 19.0 Å². The van der Waals surface area contributed by atoms with Crippen molar-refractivity contribution >= 4 is 19.8 Å². The van der Waals surface area contributed by atoms with E-state index in [0.29, 0.717) is 23.9 Å². The zero-order chi connectivity index (χ0) is 59.8. The molecule has 0 radical (unpaired) electrons. The molecule has 82 heavy (non-hydrogen) atoms. The van der Waals surface area contributed by atoms with Gasteiger partial charge >= 0.3 is 19.8 Å². The van der Waals surface area contributed by atoms with Crippen molar-refractivity contribution in [2.45, 2.75) is 290 Å². The molecule has 0 bridgehead atoms. The van der Waals surface area contributed by atoms with Gasteiger partial charge in [-0.1, -0.05) is 290 Å². The zero-order valence-electron chi connectivity index (χ0n) is 53.7. The lowest BCUT2D eigenvalue weighted by molar-refractivity contribution is -0.870. The summed E-state index contributed by atoms with van der Waals surface area (Å²) in [6.07, 6.45) is 88.0. The monoisotopic (exact) mass is 1160 g/mol. The number of rotatable bonds is 61. The molecule has 2 atom stereocenters. The Bertz CT molecular complexity index is 1750. The Morgan fingerprint density at radius 2 is 0.671 bits per heavy atom. The number of hydrogen-bond donors (Lipinski definition) is 1. The van der Waals surface area contributed by atoms with Gasteiger partial charge in [-0.05, 0) is 89.9 Å². The maximum atomic E-state index is 12.8. The van der Waals surface area contributed by atoms with Crippen molar-refractivity contribution in [3.63, 3.8) is 0 Å². The summed E-state index contributed by atoms with van der Waals surface area (Å²) in [6.45, 7) is 4.15. The molecule has 9 nitrogen and oxygen atoms in total. The molecule has 0 rings (SSSR count). The van der Waals surface area contributed by atoms with Crippen molar-refractivity contribution in [3.05, 3.63) is 109 Å². The fraction of sp³-hybridized carbons (Fsp3) is 0.722. The van der Waals surface area contributed by atoms with Crippen LogP contribution in [0.4, 0.5) is 0 Å². The van der Waals surface area contributed by atoms with Crippen LogP contribution in [0.1, 0.15) is 284 Å². The minimum absolute atomic E-state index is 0.0182. The van der Waals surface area contributed by atoms with Gasteiger partial charge in [-0.25, -0.2) is 4.57 Å². The average Bonchev–Trinajstić information content (AvgIpc) is 3.46. The Hall–Kier alpha value is -3.33. The standard InChI is InChI=1S/C72H126NO8P/c1-6-8-10-12-14-16-18-20-22-24-25-26-27-28-29-30-31-32-33-34-35-36-37-38-39-40-41-42-43-44-45-46-47-49-50-52-54-56-58-60-62-64-71(74)78-68-70(69-80-82(76,77)79-67-66-73(3,4)5)81-72(75)65-63-61-59-57-55-53-51-48-23-21-19-17-15-13-11-9-7-2/h8-11,14-17,20-23,25-26,51,53,57,59,70H,6-7,12-13,18-19,24,27-50,52,54-56,58,60-69H2,1-5H3/p+1/b10-8-,11-9-,16-14-,17-15-,22-20-,23-21-,26-25-,53-51-,59-57-. The van der Waals surface area contributed by atoms with Gasteiger partial charge in [0.2, 0.25) is 0 Å². The molecule has 0 heterocycles. The molecule has 10 heteroatoms. The van der Waals surface area contributed by atoms with Gasteiger partial charge in [0.05, 0.1) is 27.7 Å². The Balaban J connectivity index is 3.92. The van der Waals surface area contributed by atoms with E-state index in [1.165, 1.54) is 167 Å². The van der Waals surface area contributed by atoms with Gasteiger partial charge in [0.15, 0.2) is 6.10 Å². The molecular formula is C72H127NO8P+. The lowest BCUT2D eigenvalue weighted by Gasteiger charge is -2.24. The zero-order valence-corrected chi connectivity index (χ0v) is 54.6. The molecule has 0 aromatic heterocycles. The molecular weight excluding hydrogens is 1040 g/mol. The summed E-state index contributed by atoms with van der Waals surface area (Å²) in [5.41, 5.74) is 0. The quantitative estimate of drug-likeness (QED) is 0.0211. The summed E-state index contributed by atoms with van der Waals surface area (Å²) in [7, 11) is 1.44. The number of nitrogens with zero attached hydrogens (tertiary/aromatic N) is 1. The van der Waals surface area contributed by atoms with Gasteiger partial charge in [0.1, 0.15) is 19.8 Å². The van der Waals surface area contributed by atoms with Gasteiger partial charge in [-0.2, -0.15) is 0 Å². The van der Waals surface area contributed by atoms with E-state index in [-0.39, 0.29) is 32.0 Å². The third-order valence-corrected chi connectivity index (χ3v) is 15.3. The fourth-order valence-electron chi connectivity index (χ4n) is 9.22. The predicted molar refractivity (Wildman–Crippen MR) is 353 cm³/mol. The molecule has 472 valence electrons. The van der Waals surface area contributed by atoms with Crippen molar-refractivity contribution in [2.24, 2.45) is 0 Å². The number of phosphoric acid groups is 1. The minimum atomic E-state index is -4.41. The highest BCUT2D eigenvalue weighted by molar-refractivity contribution is 7.47. The number of esters is 2. The molecule has 0 aromatic rings. The Morgan fingerprint density at radius 1 is 0.378 bits per heavy atom. The fourth-order valence-corrected chi connectivity index (χ4v) is 9.96. The molecule has 0 spiro atoms. The number of likely N-dealkylation sites (N-methyl/N-ethyl adjacent to an activating group) is 1. The van der Waals surface area contributed by atoms with Crippen molar-refractivity contribution in [3.8, 4) is 0 Å². The molecule has 1 N–H and O–H groups in total. The highest BCUT2D eigenvalue weighted by Crippen LogP contribution is 2.43. The van der Waals surface area contributed by atoms with Crippen molar-refractivity contribution in [1.82, 2.24) is 0 Å². The highest BCUT2D eigenvalue weighted by Gasteiger charge is 2.27. The first-order valence-electron chi connectivity index (χ1n) is 33.6. The number of carbonyl (C=O) groups excluding carboxylic acids is 2. The topological polar surface area (TPSA) is 108 Å². The second-order valence-corrected chi connectivity index (χ2v) is 24.9. The molecule has 0 aliphatic rings. The van der Waals surface area contributed by atoms with Gasteiger partial charge in [0.25, 0.3) is 0 Å². The van der Waals surface area contributed by atoms with E-state index in [2.05, 4.69) is 123 Å². The molecule has 0 aromatic carbocycles. The lowest BCUT2D eigenvalue weighted by atomic mass is 10.0. The average molecular weight is 1170 g/mol. The second-order valence-electron chi connectivity index (χ2n) is 23.4. The molecule has 0 aliphatic heterocycles. The van der Waals surface area contributed by atoms with Crippen LogP contribution in [0.15, 0.2) is 109 Å². The van der Waals surface area contributed by atoms with Crippen LogP contribution >= 0.6 is 7.82 Å². The Morgan fingerprint density at radius 3 is 1.01 bits per heavy atom. The van der Waals surface area contributed by atoms with E-state index >= 15 is 0 Å². The number of hydrogen-bond acceptors (Lipinski definition) is 7. The largest absolute Gasteiger partial charge is 0.472 e. The van der Waals surface area contributed by atoms with Crippen LogP contribution in [-0.4, -0.2) is 74.9 Å². The van der Waals surface area contributed by atoms with Crippen LogP contribution < -0.4 is 0 Å². The van der Waals surface area contributed by atoms with Crippen LogP contribution in [0.5, 0.6) is 0 Å². The van der Waals surface area contributed by atoms with Crippen LogP contribution in [0.25, 0.3) is 0 Å². The lowest BCUT2D eigenvalue weighted by Crippen LogP contribution is -2.37. The van der Waals surface area contributed by atoms with E-state index in [4.69, 9.17) is 18.5 Å². The van der Waals surface area contributed by atoms with E-state index in [0.717, 1.165) is 77.0 Å². The molecule has 0 aliphatic carbocycles. The summed E-state index contributed by atoms with van der Waals surface area (Å²) in [5.74, 6) is -0.861. The van der Waals surface area contributed by atoms with Crippen molar-refractivity contribution < 1.29 is 42.1 Å². The van der Waals surface area contributed by atoms with Gasteiger partial charge in [0, 0.05) is 12.8 Å². The smallest absolute Gasteiger partial charge is 0.462 e. The van der Waals surface area contributed by atoms with Gasteiger partial charge in [-0.3, -0.25) is 18.6 Å². The number of quaternary nitrogens is 1. The number of unbranched alkanes of at least 4 members (excludes halogenated alkanes) is 29. The molecule has 0 saturated heterocycles. The van der Waals surface area contributed by atoms with Crippen LogP contribution in [0.2, 0.25) is 0 Å². The predicted octanol–water partition coefficient (Wildman–Crippen LogP) is 21.7. The van der Waals surface area contributed by atoms with E-state index in [1.54, 1.807) is 0 Å². The SMILES string of the molecule is CC/C=C\C/C=C\C/C=C\C/C=C\C/C=C\CCCC(=O)OC(COC(=O)CCCCCCCCCCCCCCCCCCCCCCCCCCCCCC/C=C\C/C=C\C/C=C\C/C=C\CC)COP(=O)(O)OCC[N+](C)(C)C. The number of allylic oxidation sites excluding steroid dienone is 18. The van der Waals surface area contributed by atoms with Crippen LogP contribution in [-0.2, 0) is 32.7 Å². The summed E-state index contributed by atoms with van der Waals surface area (Å²) < 4.78 is 34.5. The first-order valence-corrected chi connectivity index (χ1v) is 35.1. The highest BCUT2D eigenvalue weighted by atomic mass is 31.2. The molecule has 0 saturated carbocycles. The van der Waals surface area contributed by atoms with Gasteiger partial charge < -0.3 is 18.9 Å². The summed E-state index contributed by atoms with van der Waals surface area (Å²) in [4.78, 5) is 35.7. The maximum absolute atomic E-state index is 12.8. The van der Waals surface area contributed by atoms with Crippen molar-refractivity contribution in [2.75, 3.05) is 47.5 Å². The Labute approximate surface area is 506 Å². The normalized spacial score (nSPS) is 13.9. The molecule has 2 unspecified atom stereocenters. The first kappa shape index (κ1) is 78.7. The van der Waals surface area contributed by atoms with Crippen LogP contribution in [0.3, 0.4) is 0 Å². The van der Waals surface area contributed by atoms with E-state index < -0.39 is 26.5 Å². The van der Waals surface area contributed by atoms with Gasteiger partial charge in [-0.15, -0.1) is 0 Å². The third-order valence-electron chi connectivity index (χ3n) is 14.3. The third kappa shape index (κ3) is 65.8. The summed E-state index contributed by atoms with van der Waals surface area (Å²) in [6, 6.07) is 0. The first-order chi connectivity index (χ1) is 40.0. The van der Waals surface area contributed by atoms with Crippen LogP contribution in [0, 0.1) is 0 Å². The Kier molecular flexibility index (Phi) is 59.7. The maximum Gasteiger partial charge on any atom is 0.472 e. The molecule has 0 fully saturated rings. The summed E-state index contributed by atoms with van der Waals surface area (Å²) in [5, 5.41) is 0. The summed E-state index contributed by atoms with van der Waals surface area (Å²) >= 11 is 0. The second kappa shape index (κ2) is 62.2. The van der Waals surface area contributed by atoms with Crippen molar-refractivity contribution in [1.29, 1.82) is 0 Å². The number of phosphoric ester groups is 1. The van der Waals surface area contributed by atoms with E-state index in [1.807, 2.05) is 21.1 Å². The molecule has 0 amide bonds.